The molecule has 3 aromatic rings. The van der Waals surface area contributed by atoms with Gasteiger partial charge in [-0.15, -0.1) is 0 Å². The van der Waals surface area contributed by atoms with Crippen molar-refractivity contribution in [2.45, 2.75) is 24.8 Å². The van der Waals surface area contributed by atoms with Crippen LogP contribution in [0.2, 0.25) is 10.0 Å². The second kappa shape index (κ2) is 15.0. The van der Waals surface area contributed by atoms with Crippen LogP contribution in [0.4, 0.5) is 4.79 Å². The molecule has 44 heavy (non-hydrogen) atoms. The number of aliphatic imine (C=N–C) groups is 1. The highest BCUT2D eigenvalue weighted by Crippen LogP contribution is 2.32. The number of amidine groups is 1. The van der Waals surface area contributed by atoms with E-state index in [1.54, 1.807) is 26.1 Å². The molecule has 0 bridgehead atoms. The van der Waals surface area contributed by atoms with Gasteiger partial charge in [0.2, 0.25) is 15.9 Å². The minimum Gasteiger partial charge on any atom is -0.465 e. The highest BCUT2D eigenvalue weighted by molar-refractivity contribution is 7.89. The van der Waals surface area contributed by atoms with Crippen molar-refractivity contribution in [3.05, 3.63) is 99.0 Å². The number of rotatable bonds is 13. The molecule has 0 fully saturated rings. The van der Waals surface area contributed by atoms with Gasteiger partial charge in [-0.25, -0.2) is 13.2 Å². The number of hydrogen-bond acceptors (Lipinski definition) is 6. The number of sulfonamides is 1. The van der Waals surface area contributed by atoms with E-state index in [9.17, 15) is 23.1 Å². The molecule has 0 aromatic heterocycles. The molecule has 2 amide bonds. The second-order valence-corrected chi connectivity index (χ2v) is 13.0. The van der Waals surface area contributed by atoms with E-state index in [2.05, 4.69) is 4.99 Å². The van der Waals surface area contributed by atoms with Crippen molar-refractivity contribution < 1.29 is 27.9 Å². The first kappa shape index (κ1) is 33.4. The van der Waals surface area contributed by atoms with Crippen LogP contribution >= 0.6 is 23.2 Å². The molecule has 1 aliphatic rings. The molecule has 0 spiro atoms. The van der Waals surface area contributed by atoms with Gasteiger partial charge in [0.1, 0.15) is 17.3 Å². The lowest BCUT2D eigenvalue weighted by atomic mass is 10.1. The predicted molar refractivity (Wildman–Crippen MR) is 170 cm³/mol. The van der Waals surface area contributed by atoms with Crippen LogP contribution in [0.3, 0.4) is 0 Å². The molecule has 0 aliphatic carbocycles. The van der Waals surface area contributed by atoms with Gasteiger partial charge in [0, 0.05) is 37.3 Å². The number of hydrogen-bond donors (Lipinski definition) is 1. The Balaban J connectivity index is 1.34. The number of carbonyl (C=O) groups excluding carboxylic acids is 1. The van der Waals surface area contributed by atoms with E-state index in [1.807, 2.05) is 42.5 Å². The maximum Gasteiger partial charge on any atom is 0.413 e. The third kappa shape index (κ3) is 8.16. The summed E-state index contributed by atoms with van der Waals surface area (Å²) >= 11 is 12.5. The van der Waals surface area contributed by atoms with Crippen LogP contribution < -0.4 is 0 Å². The maximum absolute atomic E-state index is 13.7. The topological polar surface area (TPSA) is 120 Å². The number of likely N-dealkylation sites (N-methyl/N-ethyl adjacent to an activating group) is 1. The molecular formula is C31H34Cl2N4O6S. The number of carboxylic acid groups (broad SMARTS) is 1. The second-order valence-electron chi connectivity index (χ2n) is 10.3. The van der Waals surface area contributed by atoms with E-state index < -0.39 is 16.1 Å². The number of halogens is 2. The van der Waals surface area contributed by atoms with Crippen molar-refractivity contribution >= 4 is 51.1 Å². The molecule has 1 aliphatic heterocycles. The van der Waals surface area contributed by atoms with E-state index in [0.717, 1.165) is 11.1 Å². The van der Waals surface area contributed by atoms with Gasteiger partial charge in [-0.1, -0.05) is 77.8 Å². The third-order valence-electron chi connectivity index (χ3n) is 7.24. The lowest BCUT2D eigenvalue weighted by molar-refractivity contribution is -0.135. The molecule has 0 saturated heterocycles. The van der Waals surface area contributed by atoms with E-state index in [1.165, 1.54) is 26.2 Å². The van der Waals surface area contributed by atoms with Crippen LogP contribution in [0.1, 0.15) is 22.3 Å². The van der Waals surface area contributed by atoms with Gasteiger partial charge in [0.05, 0.1) is 24.7 Å². The Labute approximate surface area is 267 Å². The average Bonchev–Trinajstić information content (AvgIpc) is 3.50. The summed E-state index contributed by atoms with van der Waals surface area (Å²) < 4.78 is 34.3. The highest BCUT2D eigenvalue weighted by Gasteiger charge is 2.28. The summed E-state index contributed by atoms with van der Waals surface area (Å²) in [4.78, 5) is 31.1. The van der Waals surface area contributed by atoms with Crippen molar-refractivity contribution in [2.24, 2.45) is 4.99 Å². The SMILES string of the molecule is Cc1c(Cl)ccc(S(=O)(=O)N(CCOCC(=O)N(C)Cc2ccc(C3=NCCN3C(=O)O)cc2)CCc2ccccc2)c1Cl. The maximum atomic E-state index is 13.7. The lowest BCUT2D eigenvalue weighted by Crippen LogP contribution is -2.37. The van der Waals surface area contributed by atoms with Crippen LogP contribution in [0.5, 0.6) is 0 Å². The first-order valence-electron chi connectivity index (χ1n) is 13.9. The summed E-state index contributed by atoms with van der Waals surface area (Å²) in [6.45, 7) is 2.69. The fourth-order valence-corrected chi connectivity index (χ4v) is 6.87. The van der Waals surface area contributed by atoms with Gasteiger partial charge >= 0.3 is 6.09 Å². The van der Waals surface area contributed by atoms with Crippen LogP contribution in [-0.2, 0) is 32.5 Å². The van der Waals surface area contributed by atoms with Gasteiger partial charge in [0.15, 0.2) is 0 Å². The monoisotopic (exact) mass is 660 g/mol. The average molecular weight is 662 g/mol. The summed E-state index contributed by atoms with van der Waals surface area (Å²) in [5, 5.41) is 9.79. The Hall–Kier alpha value is -3.48. The fourth-order valence-electron chi connectivity index (χ4n) is 4.66. The highest BCUT2D eigenvalue weighted by atomic mass is 35.5. The van der Waals surface area contributed by atoms with E-state index in [-0.39, 0.29) is 42.1 Å². The fraction of sp³-hybridized carbons (Fsp3) is 0.323. The zero-order chi connectivity index (χ0) is 31.9. The number of amides is 2. The predicted octanol–water partition coefficient (Wildman–Crippen LogP) is 4.95. The molecule has 1 N–H and O–H groups in total. The molecule has 0 unspecified atom stereocenters. The molecule has 0 saturated carbocycles. The van der Waals surface area contributed by atoms with Gasteiger partial charge < -0.3 is 14.7 Å². The zero-order valence-corrected chi connectivity index (χ0v) is 26.8. The summed E-state index contributed by atoms with van der Waals surface area (Å²) in [6, 6.07) is 19.6. The molecule has 4 rings (SSSR count). The van der Waals surface area contributed by atoms with Crippen molar-refractivity contribution in [1.29, 1.82) is 0 Å². The molecule has 13 heteroatoms. The normalized spacial score (nSPS) is 13.3. The molecule has 0 radical (unpaired) electrons. The Morgan fingerprint density at radius 3 is 2.39 bits per heavy atom. The summed E-state index contributed by atoms with van der Waals surface area (Å²) in [5.41, 5.74) is 2.99. The lowest BCUT2D eigenvalue weighted by Gasteiger charge is -2.24. The van der Waals surface area contributed by atoms with Crippen molar-refractivity contribution in [1.82, 2.24) is 14.1 Å². The molecular weight excluding hydrogens is 627 g/mol. The number of ether oxygens (including phenoxy) is 1. The van der Waals surface area contributed by atoms with Crippen LogP contribution in [-0.4, -0.2) is 91.9 Å². The van der Waals surface area contributed by atoms with Crippen LogP contribution in [0, 0.1) is 6.92 Å². The summed E-state index contributed by atoms with van der Waals surface area (Å²) in [5.74, 6) is 0.136. The Morgan fingerprint density at radius 2 is 1.70 bits per heavy atom. The number of benzene rings is 3. The summed E-state index contributed by atoms with van der Waals surface area (Å²) in [6.07, 6.45) is -0.566. The molecule has 234 valence electrons. The van der Waals surface area contributed by atoms with Gasteiger partial charge in [-0.05, 0) is 42.2 Å². The van der Waals surface area contributed by atoms with Gasteiger partial charge in [-0.3, -0.25) is 14.7 Å². The standard InChI is InChI=1S/C31H34Cl2N4O6S/c1-22-26(32)12-13-27(29(22)33)44(41,42)36(16-14-23-6-4-3-5-7-23)18-19-43-21-28(38)35(2)20-24-8-10-25(11-9-24)30-34-15-17-37(30)31(39)40/h3-13H,14-21H2,1-2H3,(H,39,40). The number of nitrogens with zero attached hydrogens (tertiary/aromatic N) is 4. The quantitative estimate of drug-likeness (QED) is 0.259. The largest absolute Gasteiger partial charge is 0.465 e. The number of carbonyl (C=O) groups is 2. The summed E-state index contributed by atoms with van der Waals surface area (Å²) in [7, 11) is -2.35. The first-order chi connectivity index (χ1) is 21.0. The first-order valence-corrected chi connectivity index (χ1v) is 16.1. The zero-order valence-electron chi connectivity index (χ0n) is 24.4. The molecule has 10 nitrogen and oxygen atoms in total. The van der Waals surface area contributed by atoms with Crippen molar-refractivity contribution in [3.63, 3.8) is 0 Å². The molecule has 0 atom stereocenters. The smallest absolute Gasteiger partial charge is 0.413 e. The van der Waals surface area contributed by atoms with Crippen molar-refractivity contribution in [2.75, 3.05) is 46.4 Å². The minimum atomic E-state index is -3.99. The molecule has 1 heterocycles. The minimum absolute atomic E-state index is 0.00528. The Kier molecular flexibility index (Phi) is 11.4. The Bertz CT molecular complexity index is 1620. The third-order valence-corrected chi connectivity index (χ3v) is 10.2. The van der Waals surface area contributed by atoms with Crippen LogP contribution in [0.15, 0.2) is 76.6 Å². The van der Waals surface area contributed by atoms with Crippen molar-refractivity contribution in [3.8, 4) is 0 Å². The van der Waals surface area contributed by atoms with Gasteiger partial charge in [0.25, 0.3) is 0 Å². The Morgan fingerprint density at radius 1 is 1.00 bits per heavy atom. The molecule has 3 aromatic carbocycles. The van der Waals surface area contributed by atoms with E-state index in [0.29, 0.717) is 48.0 Å². The van der Waals surface area contributed by atoms with E-state index in [4.69, 9.17) is 27.9 Å². The van der Waals surface area contributed by atoms with E-state index >= 15 is 0 Å². The van der Waals surface area contributed by atoms with Gasteiger partial charge in [-0.2, -0.15) is 4.31 Å². The van der Waals surface area contributed by atoms with Crippen LogP contribution in [0.25, 0.3) is 0 Å².